The van der Waals surface area contributed by atoms with E-state index in [-0.39, 0.29) is 18.9 Å². The van der Waals surface area contributed by atoms with Gasteiger partial charge in [-0.05, 0) is 12.2 Å². The van der Waals surface area contributed by atoms with E-state index in [4.69, 9.17) is 5.11 Å². The van der Waals surface area contributed by atoms with Gasteiger partial charge in [-0.15, -0.1) is 0 Å². The fourth-order valence-electron chi connectivity index (χ4n) is 0. The van der Waals surface area contributed by atoms with E-state index in [9.17, 15) is 0 Å². The first-order chi connectivity index (χ1) is 1.73. The molecule has 0 fully saturated rings. The molecular formula is CH4LiNOS. The van der Waals surface area contributed by atoms with E-state index in [0.717, 1.165) is 0 Å². The topological polar surface area (TPSA) is 46.2 Å². The second kappa shape index (κ2) is 4.29. The number of thiocarbonyl (C=S) groups is 1. The SMILES string of the molecule is NC(O)=S.[LiH]. The van der Waals surface area contributed by atoms with Crippen LogP contribution in [-0.2, 0) is 0 Å². The molecule has 0 bridgehead atoms. The van der Waals surface area contributed by atoms with Crippen molar-refractivity contribution in [3.8, 4) is 0 Å². The van der Waals surface area contributed by atoms with Crippen LogP contribution in [0.15, 0.2) is 0 Å². The van der Waals surface area contributed by atoms with Gasteiger partial charge in [-0.2, -0.15) is 0 Å². The molecule has 0 aliphatic heterocycles. The molecule has 0 saturated carbocycles. The fourth-order valence-corrected chi connectivity index (χ4v) is 0. The van der Waals surface area contributed by atoms with Crippen LogP contribution in [0.4, 0.5) is 0 Å². The van der Waals surface area contributed by atoms with Gasteiger partial charge >= 0.3 is 18.9 Å². The van der Waals surface area contributed by atoms with E-state index in [1.54, 1.807) is 0 Å². The van der Waals surface area contributed by atoms with Crippen molar-refractivity contribution in [2.45, 2.75) is 0 Å². The molecular weight excluding hydrogens is 81.0 g/mol. The number of hydrogen-bond acceptors (Lipinski definition) is 1. The predicted octanol–water partition coefficient (Wildman–Crippen LogP) is -0.861. The molecule has 4 heteroatoms. The summed E-state index contributed by atoms with van der Waals surface area (Å²) in [6, 6.07) is 0. The summed E-state index contributed by atoms with van der Waals surface area (Å²) in [5.41, 5.74) is 4.40. The summed E-state index contributed by atoms with van der Waals surface area (Å²) >= 11 is 3.87. The van der Waals surface area contributed by atoms with E-state index < -0.39 is 5.17 Å². The molecule has 0 aliphatic rings. The third-order valence-electron chi connectivity index (χ3n) is 0. The van der Waals surface area contributed by atoms with Gasteiger partial charge in [0.05, 0.1) is 0 Å². The van der Waals surface area contributed by atoms with Crippen molar-refractivity contribution in [2.24, 2.45) is 5.73 Å². The Morgan fingerprint density at radius 2 is 1.80 bits per heavy atom. The van der Waals surface area contributed by atoms with E-state index in [2.05, 4.69) is 18.0 Å². The standard InChI is InChI=1S/CH3NOS.Li.H/c2-1(3)4;;/h(H3,2,3,4);;. The molecule has 0 atom stereocenters. The van der Waals surface area contributed by atoms with Crippen LogP contribution in [0.1, 0.15) is 0 Å². The molecule has 0 spiro atoms. The molecule has 0 aromatic carbocycles. The van der Waals surface area contributed by atoms with Gasteiger partial charge in [0, 0.05) is 0 Å². The van der Waals surface area contributed by atoms with Gasteiger partial charge in [-0.25, -0.2) is 0 Å². The monoisotopic (exact) mass is 85.0 g/mol. The molecule has 2 nitrogen and oxygen atoms in total. The average Bonchev–Trinajstić information content (AvgIpc) is 0.811. The van der Waals surface area contributed by atoms with Crippen molar-refractivity contribution in [2.75, 3.05) is 0 Å². The van der Waals surface area contributed by atoms with Gasteiger partial charge in [0.1, 0.15) is 0 Å². The Kier molecular flexibility index (Phi) is 7.71. The number of rotatable bonds is 0. The van der Waals surface area contributed by atoms with Crippen molar-refractivity contribution < 1.29 is 5.11 Å². The molecule has 0 rings (SSSR count). The van der Waals surface area contributed by atoms with Crippen LogP contribution in [0.5, 0.6) is 0 Å². The zero-order valence-corrected chi connectivity index (χ0v) is 2.75. The van der Waals surface area contributed by atoms with Gasteiger partial charge < -0.3 is 10.8 Å². The van der Waals surface area contributed by atoms with Gasteiger partial charge in [-0.3, -0.25) is 0 Å². The first kappa shape index (κ1) is 8.99. The number of aliphatic hydroxyl groups is 1. The van der Waals surface area contributed by atoms with E-state index in [1.165, 1.54) is 0 Å². The zero-order chi connectivity index (χ0) is 3.58. The van der Waals surface area contributed by atoms with Crippen molar-refractivity contribution in [3.63, 3.8) is 0 Å². The van der Waals surface area contributed by atoms with Crippen molar-refractivity contribution in [3.05, 3.63) is 0 Å². The summed E-state index contributed by atoms with van der Waals surface area (Å²) in [5, 5.41) is 7.06. The molecule has 0 amide bonds. The molecule has 5 heavy (non-hydrogen) atoms. The Hall–Kier alpha value is 0.287. The molecule has 0 heterocycles. The van der Waals surface area contributed by atoms with Crippen LogP contribution in [0.3, 0.4) is 0 Å². The minimum absolute atomic E-state index is 0. The molecule has 0 aliphatic carbocycles. The normalized spacial score (nSPS) is 4.80. The van der Waals surface area contributed by atoms with E-state index >= 15 is 0 Å². The van der Waals surface area contributed by atoms with Crippen LogP contribution < -0.4 is 5.73 Å². The van der Waals surface area contributed by atoms with Crippen LogP contribution in [0, 0.1) is 0 Å². The molecule has 0 unspecified atom stereocenters. The number of aliphatic hydroxyl groups excluding tert-OH is 1. The number of nitrogens with two attached hydrogens (primary N) is 1. The van der Waals surface area contributed by atoms with Gasteiger partial charge in [0.25, 0.3) is 5.17 Å². The Bertz CT molecular complexity index is 34.6. The van der Waals surface area contributed by atoms with Crippen LogP contribution >= 0.6 is 12.2 Å². The van der Waals surface area contributed by atoms with E-state index in [1.807, 2.05) is 0 Å². The maximum atomic E-state index is 7.56. The summed E-state index contributed by atoms with van der Waals surface area (Å²) in [5.74, 6) is 0. The molecule has 0 saturated heterocycles. The number of hydrogen-bond donors (Lipinski definition) is 2. The van der Waals surface area contributed by atoms with Crippen molar-refractivity contribution in [1.82, 2.24) is 0 Å². The predicted molar refractivity (Wildman–Crippen MR) is 26.6 cm³/mol. The molecule has 26 valence electrons. The Morgan fingerprint density at radius 1 is 1.80 bits per heavy atom. The summed E-state index contributed by atoms with van der Waals surface area (Å²) < 4.78 is 0. The van der Waals surface area contributed by atoms with Crippen LogP contribution in [-0.4, -0.2) is 29.1 Å². The molecule has 0 aromatic rings. The van der Waals surface area contributed by atoms with Gasteiger partial charge in [0.15, 0.2) is 0 Å². The van der Waals surface area contributed by atoms with Crippen LogP contribution in [0.25, 0.3) is 0 Å². The second-order valence-corrected chi connectivity index (χ2v) is 0.757. The second-order valence-electron chi connectivity index (χ2n) is 0.338. The first-order valence-electron chi connectivity index (χ1n) is 0.716. The Labute approximate surface area is 47.5 Å². The summed E-state index contributed by atoms with van der Waals surface area (Å²) in [4.78, 5) is 0. The first-order valence-corrected chi connectivity index (χ1v) is 1.12. The third kappa shape index (κ3) is 272. The summed E-state index contributed by atoms with van der Waals surface area (Å²) in [7, 11) is 0. The van der Waals surface area contributed by atoms with Crippen molar-refractivity contribution in [1.29, 1.82) is 0 Å². The zero-order valence-electron chi connectivity index (χ0n) is 1.93. The third-order valence-corrected chi connectivity index (χ3v) is 0. The Morgan fingerprint density at radius 3 is 1.80 bits per heavy atom. The molecule has 0 radical (unpaired) electrons. The quantitative estimate of drug-likeness (QED) is 0.297. The minimum atomic E-state index is -0.500. The van der Waals surface area contributed by atoms with Crippen molar-refractivity contribution >= 4 is 36.3 Å². The molecule has 3 N–H and O–H groups in total. The van der Waals surface area contributed by atoms with E-state index in [0.29, 0.717) is 0 Å². The Balaban J connectivity index is 0. The van der Waals surface area contributed by atoms with Gasteiger partial charge in [-0.1, -0.05) is 0 Å². The summed E-state index contributed by atoms with van der Waals surface area (Å²) in [6.45, 7) is 0. The van der Waals surface area contributed by atoms with Crippen LogP contribution in [0.2, 0.25) is 0 Å². The fraction of sp³-hybridized carbons (Fsp3) is 0. The van der Waals surface area contributed by atoms with Gasteiger partial charge in [0.2, 0.25) is 0 Å². The average molecular weight is 85.1 g/mol. The molecule has 0 aromatic heterocycles. The summed E-state index contributed by atoms with van der Waals surface area (Å²) in [6.07, 6.45) is 0. The maximum absolute atomic E-state index is 7.56.